The maximum absolute atomic E-state index is 13.9. The van der Waals surface area contributed by atoms with Gasteiger partial charge in [-0.2, -0.15) is 10.1 Å². The van der Waals surface area contributed by atoms with Gasteiger partial charge in [0.05, 0.1) is 25.6 Å². The van der Waals surface area contributed by atoms with Gasteiger partial charge in [-0.15, -0.1) is 0 Å². The lowest BCUT2D eigenvalue weighted by Crippen LogP contribution is -2.37. The lowest BCUT2D eigenvalue weighted by atomic mass is 10.2. The van der Waals surface area contributed by atoms with Crippen LogP contribution in [-0.2, 0) is 4.74 Å². The summed E-state index contributed by atoms with van der Waals surface area (Å²) >= 11 is 0. The molecule has 0 radical (unpaired) electrons. The summed E-state index contributed by atoms with van der Waals surface area (Å²) in [6, 6.07) is 9.63. The third kappa shape index (κ3) is 3.56. The summed E-state index contributed by atoms with van der Waals surface area (Å²) in [4.78, 5) is 9.92. The molecular formula is C15H16FN5O. The first-order chi connectivity index (χ1) is 10.8. The Labute approximate surface area is 127 Å². The second kappa shape index (κ2) is 6.95. The Morgan fingerprint density at radius 1 is 1.23 bits per heavy atom. The summed E-state index contributed by atoms with van der Waals surface area (Å²) in [6.45, 7) is 2.36. The molecule has 0 atom stereocenters. The van der Waals surface area contributed by atoms with Crippen LogP contribution in [0.5, 0.6) is 0 Å². The fourth-order valence-corrected chi connectivity index (χ4v) is 2.11. The first-order valence-electron chi connectivity index (χ1n) is 7.02. The van der Waals surface area contributed by atoms with Crippen molar-refractivity contribution in [1.82, 2.24) is 9.97 Å². The van der Waals surface area contributed by atoms with Gasteiger partial charge in [0.1, 0.15) is 0 Å². The minimum Gasteiger partial charge on any atom is -0.378 e. The molecule has 1 N–H and O–H groups in total. The maximum Gasteiger partial charge on any atom is 0.245 e. The molecule has 1 aliphatic rings. The molecule has 6 nitrogen and oxygen atoms in total. The molecule has 22 heavy (non-hydrogen) atoms. The molecule has 1 aliphatic heterocycles. The molecule has 114 valence electrons. The highest BCUT2D eigenvalue weighted by molar-refractivity contribution is 5.79. The molecule has 0 amide bonds. The van der Waals surface area contributed by atoms with E-state index < -0.39 is 5.82 Å². The van der Waals surface area contributed by atoms with Gasteiger partial charge in [0.25, 0.3) is 0 Å². The largest absolute Gasteiger partial charge is 0.378 e. The number of halogens is 1. The van der Waals surface area contributed by atoms with Gasteiger partial charge in [0.2, 0.25) is 5.95 Å². The van der Waals surface area contributed by atoms with Gasteiger partial charge in [-0.05, 0) is 5.56 Å². The van der Waals surface area contributed by atoms with Crippen LogP contribution in [0.3, 0.4) is 0 Å². The van der Waals surface area contributed by atoms with Crippen LogP contribution >= 0.6 is 0 Å². The van der Waals surface area contributed by atoms with Crippen LogP contribution in [0.4, 0.5) is 16.2 Å². The third-order valence-corrected chi connectivity index (χ3v) is 3.21. The average molecular weight is 301 g/mol. The summed E-state index contributed by atoms with van der Waals surface area (Å²) in [7, 11) is 0. The van der Waals surface area contributed by atoms with Crippen molar-refractivity contribution in [2.24, 2.45) is 5.10 Å². The zero-order valence-electron chi connectivity index (χ0n) is 11.9. The van der Waals surface area contributed by atoms with Crippen molar-refractivity contribution in [3.05, 3.63) is 47.9 Å². The van der Waals surface area contributed by atoms with E-state index >= 15 is 0 Å². The second-order valence-electron chi connectivity index (χ2n) is 4.75. The van der Waals surface area contributed by atoms with Crippen LogP contribution in [0.25, 0.3) is 0 Å². The normalized spacial score (nSPS) is 15.2. The van der Waals surface area contributed by atoms with Crippen LogP contribution in [0.2, 0.25) is 0 Å². The summed E-state index contributed by atoms with van der Waals surface area (Å²) in [5.74, 6) is 0.0882. The van der Waals surface area contributed by atoms with E-state index in [4.69, 9.17) is 4.74 Å². The highest BCUT2D eigenvalue weighted by atomic mass is 19.1. The zero-order chi connectivity index (χ0) is 15.2. The highest BCUT2D eigenvalue weighted by Crippen LogP contribution is 2.18. The molecule has 1 aromatic heterocycles. The standard InChI is InChI=1S/C15H16FN5O/c16-13-11-17-15(19-14(13)21-6-8-22-9-7-21)20-18-10-12-4-2-1-3-5-12/h1-5,10-11H,6-9H2,(H,17,19,20). The number of rotatable bonds is 4. The molecule has 2 heterocycles. The predicted octanol–water partition coefficient (Wildman–Crippen LogP) is 1.90. The molecule has 1 aromatic carbocycles. The van der Waals surface area contributed by atoms with Crippen molar-refractivity contribution in [1.29, 1.82) is 0 Å². The van der Waals surface area contributed by atoms with Gasteiger partial charge in [-0.3, -0.25) is 0 Å². The third-order valence-electron chi connectivity index (χ3n) is 3.21. The number of ether oxygens (including phenoxy) is 1. The van der Waals surface area contributed by atoms with E-state index in [2.05, 4.69) is 20.5 Å². The molecule has 2 aromatic rings. The van der Waals surface area contributed by atoms with E-state index in [1.54, 1.807) is 6.21 Å². The Kier molecular flexibility index (Phi) is 4.55. The molecule has 0 saturated carbocycles. The summed E-state index contributed by atoms with van der Waals surface area (Å²) in [5.41, 5.74) is 3.67. The van der Waals surface area contributed by atoms with Crippen molar-refractivity contribution in [2.75, 3.05) is 36.6 Å². The summed E-state index contributed by atoms with van der Waals surface area (Å²) in [6.07, 6.45) is 2.80. The maximum atomic E-state index is 13.9. The fourth-order valence-electron chi connectivity index (χ4n) is 2.11. The quantitative estimate of drug-likeness (QED) is 0.690. The average Bonchev–Trinajstić information content (AvgIpc) is 2.58. The van der Waals surface area contributed by atoms with Crippen molar-refractivity contribution >= 4 is 18.0 Å². The van der Waals surface area contributed by atoms with Gasteiger partial charge in [0.15, 0.2) is 11.6 Å². The highest BCUT2D eigenvalue weighted by Gasteiger charge is 2.17. The van der Waals surface area contributed by atoms with Crippen LogP contribution < -0.4 is 10.3 Å². The molecule has 7 heteroatoms. The Hall–Kier alpha value is -2.54. The molecule has 3 rings (SSSR count). The molecule has 0 bridgehead atoms. The molecule has 0 aliphatic carbocycles. The SMILES string of the molecule is Fc1cnc(NN=Cc2ccccc2)nc1N1CCOCC1. The van der Waals surface area contributed by atoms with E-state index in [1.807, 2.05) is 35.2 Å². The fraction of sp³-hybridized carbons (Fsp3) is 0.267. The predicted molar refractivity (Wildman–Crippen MR) is 82.7 cm³/mol. The lowest BCUT2D eigenvalue weighted by molar-refractivity contribution is 0.122. The number of aromatic nitrogens is 2. The topological polar surface area (TPSA) is 62.6 Å². The number of hydrazone groups is 1. The molecule has 1 fully saturated rings. The van der Waals surface area contributed by atoms with Crippen molar-refractivity contribution < 1.29 is 9.13 Å². The van der Waals surface area contributed by atoms with Crippen LogP contribution in [-0.4, -0.2) is 42.5 Å². The molecule has 1 saturated heterocycles. The smallest absolute Gasteiger partial charge is 0.245 e. The van der Waals surface area contributed by atoms with Gasteiger partial charge in [-0.25, -0.2) is 14.8 Å². The van der Waals surface area contributed by atoms with Gasteiger partial charge >= 0.3 is 0 Å². The van der Waals surface area contributed by atoms with E-state index in [0.717, 1.165) is 11.8 Å². The van der Waals surface area contributed by atoms with Crippen molar-refractivity contribution in [3.8, 4) is 0 Å². The summed E-state index contributed by atoms with van der Waals surface area (Å²) in [5, 5.41) is 4.06. The van der Waals surface area contributed by atoms with Crippen LogP contribution in [0, 0.1) is 5.82 Å². The minimum absolute atomic E-state index is 0.259. The van der Waals surface area contributed by atoms with Crippen molar-refractivity contribution in [3.63, 3.8) is 0 Å². The van der Waals surface area contributed by atoms with E-state index in [1.165, 1.54) is 0 Å². The van der Waals surface area contributed by atoms with Gasteiger partial charge in [0, 0.05) is 13.1 Å². The lowest BCUT2D eigenvalue weighted by Gasteiger charge is -2.27. The van der Waals surface area contributed by atoms with E-state index in [-0.39, 0.29) is 11.8 Å². The van der Waals surface area contributed by atoms with Gasteiger partial charge < -0.3 is 9.64 Å². The van der Waals surface area contributed by atoms with Gasteiger partial charge in [-0.1, -0.05) is 30.3 Å². The number of hydrogen-bond acceptors (Lipinski definition) is 6. The number of hydrogen-bond donors (Lipinski definition) is 1. The van der Waals surface area contributed by atoms with Crippen LogP contribution in [0.1, 0.15) is 5.56 Å². The number of benzene rings is 1. The Morgan fingerprint density at radius 2 is 2.00 bits per heavy atom. The zero-order valence-corrected chi connectivity index (χ0v) is 11.9. The molecule has 0 spiro atoms. The van der Waals surface area contributed by atoms with E-state index in [0.29, 0.717) is 26.3 Å². The first kappa shape index (κ1) is 14.4. The van der Waals surface area contributed by atoms with E-state index in [9.17, 15) is 4.39 Å². The van der Waals surface area contributed by atoms with Crippen LogP contribution in [0.15, 0.2) is 41.6 Å². The monoisotopic (exact) mass is 301 g/mol. The number of morpholine rings is 1. The first-order valence-corrected chi connectivity index (χ1v) is 7.02. The molecular weight excluding hydrogens is 285 g/mol. The number of nitrogens with zero attached hydrogens (tertiary/aromatic N) is 4. The second-order valence-corrected chi connectivity index (χ2v) is 4.75. The number of anilines is 2. The Balaban J connectivity index is 1.70. The van der Waals surface area contributed by atoms with Crippen molar-refractivity contribution in [2.45, 2.75) is 0 Å². The molecule has 0 unspecified atom stereocenters. The Morgan fingerprint density at radius 3 is 2.77 bits per heavy atom. The Bertz CT molecular complexity index is 644. The summed E-state index contributed by atoms with van der Waals surface area (Å²) < 4.78 is 19.1. The number of nitrogens with one attached hydrogen (secondary N) is 1. The minimum atomic E-state index is -0.445.